The minimum atomic E-state index is -0.159. The third-order valence-corrected chi connectivity index (χ3v) is 5.76. The molecule has 0 atom stereocenters. The lowest BCUT2D eigenvalue weighted by molar-refractivity contribution is 0.183. The summed E-state index contributed by atoms with van der Waals surface area (Å²) in [6.07, 6.45) is 4.46. The van der Waals surface area contributed by atoms with Crippen LogP contribution in [0.4, 0.5) is 10.1 Å². The van der Waals surface area contributed by atoms with Gasteiger partial charge in [0.1, 0.15) is 5.82 Å². The minimum Gasteiger partial charge on any atom is -0.303 e. The van der Waals surface area contributed by atoms with E-state index in [0.29, 0.717) is 10.9 Å². The van der Waals surface area contributed by atoms with Crippen LogP contribution in [0.5, 0.6) is 0 Å². The summed E-state index contributed by atoms with van der Waals surface area (Å²) in [5, 5.41) is 0.684. The molecule has 2 aromatic carbocycles. The zero-order chi connectivity index (χ0) is 18.4. The monoisotopic (exact) mass is 394 g/mol. The van der Waals surface area contributed by atoms with Crippen molar-refractivity contribution in [1.82, 2.24) is 4.90 Å². The number of halogens is 3. The van der Waals surface area contributed by atoms with Crippen molar-refractivity contribution in [3.05, 3.63) is 64.9 Å². The standard InChI is InChI=1S/C21H25Cl2FN2/c22-20-4-1-2-5-21(20)26(23)13-3-12-25-14-10-18(11-15-25)16-17-6-8-19(24)9-7-17/h1-2,4-9,18H,3,10-16H2. The van der Waals surface area contributed by atoms with Crippen LogP contribution in [-0.4, -0.2) is 31.1 Å². The Hall–Kier alpha value is -1.29. The number of benzene rings is 2. The quantitative estimate of drug-likeness (QED) is 0.548. The minimum absolute atomic E-state index is 0.159. The van der Waals surface area contributed by atoms with Crippen LogP contribution < -0.4 is 4.42 Å². The number of anilines is 1. The molecule has 1 heterocycles. The molecular weight excluding hydrogens is 370 g/mol. The Morgan fingerprint density at radius 1 is 1.04 bits per heavy atom. The molecule has 26 heavy (non-hydrogen) atoms. The molecule has 2 aromatic rings. The summed E-state index contributed by atoms with van der Waals surface area (Å²) in [5.41, 5.74) is 2.11. The van der Waals surface area contributed by atoms with E-state index in [4.69, 9.17) is 23.4 Å². The van der Waals surface area contributed by atoms with E-state index in [0.717, 1.165) is 44.7 Å². The van der Waals surface area contributed by atoms with Gasteiger partial charge in [-0.05, 0) is 81.1 Å². The number of piperidine rings is 1. The van der Waals surface area contributed by atoms with E-state index in [1.165, 1.54) is 18.4 Å². The fraction of sp³-hybridized carbons (Fsp3) is 0.429. The summed E-state index contributed by atoms with van der Waals surface area (Å²) >= 11 is 12.5. The normalized spacial score (nSPS) is 16.0. The average Bonchev–Trinajstić information content (AvgIpc) is 2.65. The Balaban J connectivity index is 1.36. The van der Waals surface area contributed by atoms with E-state index in [1.807, 2.05) is 36.4 Å². The largest absolute Gasteiger partial charge is 0.303 e. The van der Waals surface area contributed by atoms with Gasteiger partial charge in [-0.3, -0.25) is 4.42 Å². The molecule has 0 amide bonds. The molecule has 0 spiro atoms. The van der Waals surface area contributed by atoms with Crippen LogP contribution in [0.3, 0.4) is 0 Å². The summed E-state index contributed by atoms with van der Waals surface area (Å²) in [6, 6.07) is 14.6. The predicted molar refractivity (Wildman–Crippen MR) is 109 cm³/mol. The second-order valence-electron chi connectivity index (χ2n) is 7.01. The Bertz CT molecular complexity index is 685. The SMILES string of the molecule is Fc1ccc(CC2CCN(CCCN(Cl)c3ccccc3Cl)CC2)cc1. The fourth-order valence-electron chi connectivity index (χ4n) is 3.57. The van der Waals surface area contributed by atoms with Gasteiger partial charge in [0, 0.05) is 18.3 Å². The molecule has 0 aliphatic carbocycles. The highest BCUT2D eigenvalue weighted by Gasteiger charge is 2.19. The Morgan fingerprint density at radius 2 is 1.73 bits per heavy atom. The molecule has 5 heteroatoms. The first-order valence-electron chi connectivity index (χ1n) is 9.26. The highest BCUT2D eigenvalue weighted by molar-refractivity contribution is 6.36. The van der Waals surface area contributed by atoms with Crippen LogP contribution in [0.25, 0.3) is 0 Å². The summed E-state index contributed by atoms with van der Waals surface area (Å²) in [6.45, 7) is 4.08. The van der Waals surface area contributed by atoms with E-state index in [-0.39, 0.29) is 5.82 Å². The van der Waals surface area contributed by atoms with Crippen molar-refractivity contribution in [2.24, 2.45) is 5.92 Å². The Morgan fingerprint density at radius 3 is 2.42 bits per heavy atom. The van der Waals surface area contributed by atoms with Gasteiger partial charge in [0.15, 0.2) is 0 Å². The summed E-state index contributed by atoms with van der Waals surface area (Å²) in [4.78, 5) is 2.51. The van der Waals surface area contributed by atoms with Gasteiger partial charge in [0.05, 0.1) is 10.7 Å². The van der Waals surface area contributed by atoms with Gasteiger partial charge in [0.2, 0.25) is 0 Å². The lowest BCUT2D eigenvalue weighted by Gasteiger charge is -2.32. The van der Waals surface area contributed by atoms with Gasteiger partial charge in [-0.2, -0.15) is 0 Å². The Labute approximate surface area is 165 Å². The van der Waals surface area contributed by atoms with E-state index in [9.17, 15) is 4.39 Å². The summed E-state index contributed by atoms with van der Waals surface area (Å²) in [5.74, 6) is 0.540. The first-order valence-corrected chi connectivity index (χ1v) is 9.98. The van der Waals surface area contributed by atoms with E-state index < -0.39 is 0 Å². The zero-order valence-electron chi connectivity index (χ0n) is 14.9. The first-order chi connectivity index (χ1) is 12.6. The topological polar surface area (TPSA) is 6.48 Å². The molecule has 0 bridgehead atoms. The van der Waals surface area contributed by atoms with Crippen molar-refractivity contribution in [2.45, 2.75) is 25.7 Å². The smallest absolute Gasteiger partial charge is 0.123 e. The van der Waals surface area contributed by atoms with Crippen LogP contribution in [0.1, 0.15) is 24.8 Å². The molecule has 1 aliphatic heterocycles. The average molecular weight is 395 g/mol. The van der Waals surface area contributed by atoms with Crippen molar-refractivity contribution in [3.8, 4) is 0 Å². The van der Waals surface area contributed by atoms with E-state index in [2.05, 4.69) is 4.90 Å². The molecule has 0 unspecified atom stereocenters. The third kappa shape index (κ3) is 5.60. The molecule has 1 fully saturated rings. The van der Waals surface area contributed by atoms with Crippen molar-refractivity contribution >= 4 is 29.1 Å². The molecule has 2 nitrogen and oxygen atoms in total. The van der Waals surface area contributed by atoms with Gasteiger partial charge >= 0.3 is 0 Å². The van der Waals surface area contributed by atoms with Crippen molar-refractivity contribution in [1.29, 1.82) is 0 Å². The maximum Gasteiger partial charge on any atom is 0.123 e. The fourth-order valence-corrected chi connectivity index (χ4v) is 4.12. The number of likely N-dealkylation sites (tertiary alicyclic amines) is 1. The van der Waals surface area contributed by atoms with Crippen LogP contribution >= 0.6 is 23.4 Å². The van der Waals surface area contributed by atoms with Gasteiger partial charge < -0.3 is 4.90 Å². The van der Waals surface area contributed by atoms with Crippen molar-refractivity contribution in [2.75, 3.05) is 30.6 Å². The maximum atomic E-state index is 13.0. The predicted octanol–water partition coefficient (Wildman–Crippen LogP) is 5.78. The molecular formula is C21H25Cl2FN2. The van der Waals surface area contributed by atoms with Gasteiger partial charge in [-0.1, -0.05) is 35.9 Å². The van der Waals surface area contributed by atoms with E-state index in [1.54, 1.807) is 16.6 Å². The number of rotatable bonds is 7. The second kappa shape index (κ2) is 9.59. The molecule has 140 valence electrons. The van der Waals surface area contributed by atoms with Crippen LogP contribution in [0.15, 0.2) is 48.5 Å². The van der Waals surface area contributed by atoms with Crippen molar-refractivity contribution < 1.29 is 4.39 Å². The van der Waals surface area contributed by atoms with Gasteiger partial charge in [-0.15, -0.1) is 0 Å². The summed E-state index contributed by atoms with van der Waals surface area (Å²) < 4.78 is 14.7. The number of nitrogens with zero attached hydrogens (tertiary/aromatic N) is 2. The second-order valence-corrected chi connectivity index (χ2v) is 7.82. The van der Waals surface area contributed by atoms with Crippen LogP contribution in [-0.2, 0) is 6.42 Å². The molecule has 0 radical (unpaired) electrons. The lowest BCUT2D eigenvalue weighted by atomic mass is 9.90. The maximum absolute atomic E-state index is 13.0. The number of para-hydroxylation sites is 1. The van der Waals surface area contributed by atoms with Crippen LogP contribution in [0, 0.1) is 11.7 Å². The number of hydrogen-bond donors (Lipinski definition) is 0. The lowest BCUT2D eigenvalue weighted by Crippen LogP contribution is -2.35. The molecule has 1 saturated heterocycles. The molecule has 3 rings (SSSR count). The van der Waals surface area contributed by atoms with E-state index >= 15 is 0 Å². The van der Waals surface area contributed by atoms with Crippen molar-refractivity contribution in [3.63, 3.8) is 0 Å². The highest BCUT2D eigenvalue weighted by atomic mass is 35.5. The van der Waals surface area contributed by atoms with Gasteiger partial charge in [0.25, 0.3) is 0 Å². The van der Waals surface area contributed by atoms with Crippen LogP contribution in [0.2, 0.25) is 5.02 Å². The first kappa shape index (κ1) is 19.5. The zero-order valence-corrected chi connectivity index (χ0v) is 16.4. The molecule has 0 N–H and O–H groups in total. The number of hydrogen-bond acceptors (Lipinski definition) is 2. The molecule has 1 aliphatic rings. The highest BCUT2D eigenvalue weighted by Crippen LogP contribution is 2.27. The Kier molecular flexibility index (Phi) is 7.18. The summed E-state index contributed by atoms with van der Waals surface area (Å²) in [7, 11) is 0. The van der Waals surface area contributed by atoms with Gasteiger partial charge in [-0.25, -0.2) is 4.39 Å². The molecule has 0 saturated carbocycles. The third-order valence-electron chi connectivity index (χ3n) is 5.09. The molecule has 0 aromatic heterocycles.